The Morgan fingerprint density at radius 2 is 2.00 bits per heavy atom. The molecular formula is C12H16FO. The van der Waals surface area contributed by atoms with Gasteiger partial charge in [-0.1, -0.05) is 31.5 Å². The zero-order chi connectivity index (χ0) is 10.2. The van der Waals surface area contributed by atoms with Gasteiger partial charge >= 0.3 is 0 Å². The summed E-state index contributed by atoms with van der Waals surface area (Å²) in [5.74, 6) is -0.145. The maximum absolute atomic E-state index is 13.1. The molecular weight excluding hydrogens is 179 g/mol. The van der Waals surface area contributed by atoms with Crippen molar-refractivity contribution in [2.75, 3.05) is 13.2 Å². The summed E-state index contributed by atoms with van der Waals surface area (Å²) in [7, 11) is 0. The van der Waals surface area contributed by atoms with Crippen molar-refractivity contribution in [1.29, 1.82) is 0 Å². The number of hydrogen-bond acceptors (Lipinski definition) is 1. The van der Waals surface area contributed by atoms with Crippen LogP contribution in [0.5, 0.6) is 0 Å². The van der Waals surface area contributed by atoms with Crippen LogP contribution in [0.2, 0.25) is 0 Å². The van der Waals surface area contributed by atoms with E-state index < -0.39 is 0 Å². The number of hydrogen-bond donors (Lipinski definition) is 0. The lowest BCUT2D eigenvalue weighted by atomic mass is 10.1. The molecule has 0 heterocycles. The molecule has 0 amide bonds. The Labute approximate surface area is 84.9 Å². The largest absolute Gasteiger partial charge is 0.381 e. The van der Waals surface area contributed by atoms with Gasteiger partial charge in [0.1, 0.15) is 5.82 Å². The van der Waals surface area contributed by atoms with Crippen LogP contribution in [0.1, 0.15) is 18.4 Å². The van der Waals surface area contributed by atoms with Crippen molar-refractivity contribution in [3.05, 3.63) is 42.6 Å². The quantitative estimate of drug-likeness (QED) is 0.634. The van der Waals surface area contributed by atoms with Crippen molar-refractivity contribution in [1.82, 2.24) is 0 Å². The van der Waals surface area contributed by atoms with Crippen molar-refractivity contribution >= 4 is 0 Å². The molecule has 0 atom stereocenters. The Balaban J connectivity index is 2.21. The van der Waals surface area contributed by atoms with E-state index in [1.807, 2.05) is 6.07 Å². The zero-order valence-corrected chi connectivity index (χ0v) is 8.34. The van der Waals surface area contributed by atoms with E-state index in [4.69, 9.17) is 4.74 Å². The third kappa shape index (κ3) is 3.88. The van der Waals surface area contributed by atoms with Crippen LogP contribution < -0.4 is 0 Å². The Hall–Kier alpha value is -0.890. The Bertz CT molecular complexity index is 260. The Morgan fingerprint density at radius 3 is 2.71 bits per heavy atom. The second kappa shape index (κ2) is 6.55. The molecule has 14 heavy (non-hydrogen) atoms. The number of halogens is 1. The SMILES string of the molecule is [CH2]CCCOCCc1ccccc1F. The molecule has 1 aromatic rings. The molecule has 1 rings (SSSR count). The molecule has 77 valence electrons. The predicted octanol–water partition coefficient (Wildman–Crippen LogP) is 3.00. The van der Waals surface area contributed by atoms with Gasteiger partial charge in [-0.25, -0.2) is 4.39 Å². The first-order valence-corrected chi connectivity index (χ1v) is 4.95. The lowest BCUT2D eigenvalue weighted by molar-refractivity contribution is 0.134. The lowest BCUT2D eigenvalue weighted by Crippen LogP contribution is -2.01. The first kappa shape index (κ1) is 11.2. The fourth-order valence-corrected chi connectivity index (χ4v) is 1.19. The smallest absolute Gasteiger partial charge is 0.126 e. The first-order valence-electron chi connectivity index (χ1n) is 4.95. The van der Waals surface area contributed by atoms with Gasteiger partial charge in [-0.2, -0.15) is 0 Å². The molecule has 0 aliphatic heterocycles. The van der Waals surface area contributed by atoms with Crippen molar-refractivity contribution in [3.8, 4) is 0 Å². The van der Waals surface area contributed by atoms with Gasteiger partial charge in [0.2, 0.25) is 0 Å². The lowest BCUT2D eigenvalue weighted by Gasteiger charge is -2.04. The van der Waals surface area contributed by atoms with Crippen LogP contribution in [0.15, 0.2) is 24.3 Å². The average Bonchev–Trinajstić information content (AvgIpc) is 2.20. The molecule has 0 saturated heterocycles. The van der Waals surface area contributed by atoms with Gasteiger partial charge in [-0.05, 0) is 24.5 Å². The van der Waals surface area contributed by atoms with Gasteiger partial charge < -0.3 is 4.74 Å². The van der Waals surface area contributed by atoms with Gasteiger partial charge in [0.05, 0.1) is 6.61 Å². The van der Waals surface area contributed by atoms with Crippen LogP contribution in [0.4, 0.5) is 4.39 Å². The summed E-state index contributed by atoms with van der Waals surface area (Å²) in [6.45, 7) is 5.02. The van der Waals surface area contributed by atoms with Crippen molar-refractivity contribution in [2.24, 2.45) is 0 Å². The van der Waals surface area contributed by atoms with E-state index in [-0.39, 0.29) is 5.82 Å². The summed E-state index contributed by atoms with van der Waals surface area (Å²) in [4.78, 5) is 0. The van der Waals surface area contributed by atoms with E-state index in [9.17, 15) is 4.39 Å². The van der Waals surface area contributed by atoms with Crippen LogP contribution >= 0.6 is 0 Å². The van der Waals surface area contributed by atoms with Crippen LogP contribution in [0.3, 0.4) is 0 Å². The van der Waals surface area contributed by atoms with Crippen LogP contribution in [-0.4, -0.2) is 13.2 Å². The molecule has 2 heteroatoms. The fourth-order valence-electron chi connectivity index (χ4n) is 1.19. The van der Waals surface area contributed by atoms with E-state index in [1.165, 1.54) is 6.07 Å². The highest BCUT2D eigenvalue weighted by Gasteiger charge is 1.99. The van der Waals surface area contributed by atoms with Gasteiger partial charge in [-0.15, -0.1) is 0 Å². The maximum atomic E-state index is 13.1. The van der Waals surface area contributed by atoms with Crippen LogP contribution in [-0.2, 0) is 11.2 Å². The molecule has 0 bridgehead atoms. The molecule has 0 fully saturated rings. The molecule has 0 unspecified atom stereocenters. The molecule has 0 spiro atoms. The highest BCUT2D eigenvalue weighted by atomic mass is 19.1. The molecule has 0 N–H and O–H groups in total. The molecule has 0 aliphatic carbocycles. The summed E-state index contributed by atoms with van der Waals surface area (Å²) in [6, 6.07) is 6.81. The summed E-state index contributed by atoms with van der Waals surface area (Å²) in [6.07, 6.45) is 2.50. The Kier molecular flexibility index (Phi) is 5.23. The first-order chi connectivity index (χ1) is 6.84. The second-order valence-corrected chi connectivity index (χ2v) is 3.16. The number of unbranched alkanes of at least 4 members (excludes halogenated alkanes) is 1. The van der Waals surface area contributed by atoms with Crippen molar-refractivity contribution in [2.45, 2.75) is 19.3 Å². The van der Waals surface area contributed by atoms with Gasteiger partial charge in [0, 0.05) is 6.61 Å². The number of rotatable bonds is 6. The molecule has 0 aliphatic rings. The third-order valence-electron chi connectivity index (χ3n) is 2.01. The van der Waals surface area contributed by atoms with Gasteiger partial charge in [-0.3, -0.25) is 0 Å². The van der Waals surface area contributed by atoms with Gasteiger partial charge in [0.25, 0.3) is 0 Å². The highest BCUT2D eigenvalue weighted by molar-refractivity contribution is 5.17. The Morgan fingerprint density at radius 1 is 1.21 bits per heavy atom. The number of ether oxygens (including phenoxy) is 1. The molecule has 1 nitrogen and oxygen atoms in total. The van der Waals surface area contributed by atoms with E-state index in [0.29, 0.717) is 13.0 Å². The summed E-state index contributed by atoms with van der Waals surface area (Å²) < 4.78 is 18.4. The van der Waals surface area contributed by atoms with E-state index in [1.54, 1.807) is 12.1 Å². The fraction of sp³-hybridized carbons (Fsp3) is 0.417. The molecule has 0 saturated carbocycles. The van der Waals surface area contributed by atoms with Crippen LogP contribution in [0.25, 0.3) is 0 Å². The topological polar surface area (TPSA) is 9.23 Å². The summed E-state index contributed by atoms with van der Waals surface area (Å²) >= 11 is 0. The minimum atomic E-state index is -0.145. The second-order valence-electron chi connectivity index (χ2n) is 3.16. The number of benzene rings is 1. The highest BCUT2D eigenvalue weighted by Crippen LogP contribution is 2.06. The van der Waals surface area contributed by atoms with Crippen LogP contribution in [0, 0.1) is 12.7 Å². The van der Waals surface area contributed by atoms with Crippen molar-refractivity contribution in [3.63, 3.8) is 0 Å². The maximum Gasteiger partial charge on any atom is 0.126 e. The molecule has 1 aromatic carbocycles. The summed E-state index contributed by atoms with van der Waals surface area (Å²) in [5, 5.41) is 0. The molecule has 1 radical (unpaired) electrons. The normalized spacial score (nSPS) is 10.4. The minimum Gasteiger partial charge on any atom is -0.381 e. The van der Waals surface area contributed by atoms with Gasteiger partial charge in [0.15, 0.2) is 0 Å². The van der Waals surface area contributed by atoms with Crippen molar-refractivity contribution < 1.29 is 9.13 Å². The van der Waals surface area contributed by atoms with E-state index in [0.717, 1.165) is 25.0 Å². The van der Waals surface area contributed by atoms with E-state index >= 15 is 0 Å². The monoisotopic (exact) mass is 195 g/mol. The minimum absolute atomic E-state index is 0.145. The average molecular weight is 195 g/mol. The zero-order valence-electron chi connectivity index (χ0n) is 8.34. The standard InChI is InChI=1S/C12H16FO/c1-2-3-9-14-10-8-11-6-4-5-7-12(11)13/h4-7H,1-3,8-10H2. The third-order valence-corrected chi connectivity index (χ3v) is 2.01. The summed E-state index contributed by atoms with van der Waals surface area (Å²) in [5.41, 5.74) is 0.724. The molecule has 0 aromatic heterocycles. The predicted molar refractivity (Wildman–Crippen MR) is 55.5 cm³/mol. The van der Waals surface area contributed by atoms with E-state index in [2.05, 4.69) is 6.92 Å².